The highest BCUT2D eigenvalue weighted by atomic mass is 79.9. The van der Waals surface area contributed by atoms with Crippen LogP contribution >= 0.6 is 27.7 Å². The topological polar surface area (TPSA) is 50.9 Å². The molecule has 1 aliphatic rings. The molecule has 15 heavy (non-hydrogen) atoms. The zero-order chi connectivity index (χ0) is 11.1. The van der Waals surface area contributed by atoms with Crippen LogP contribution in [0.25, 0.3) is 0 Å². The van der Waals surface area contributed by atoms with Crippen LogP contribution in [0.15, 0.2) is 4.60 Å². The second-order valence-corrected chi connectivity index (χ2v) is 6.09. The number of hydrogen-bond donors (Lipinski definition) is 1. The van der Waals surface area contributed by atoms with Crippen molar-refractivity contribution < 1.29 is 5.11 Å². The number of halogens is 1. The molecule has 0 radical (unpaired) electrons. The summed E-state index contributed by atoms with van der Waals surface area (Å²) in [5.41, 5.74) is -0.0119. The van der Waals surface area contributed by atoms with E-state index in [9.17, 15) is 5.11 Å². The zero-order valence-corrected chi connectivity index (χ0v) is 11.2. The standard InChI is InChI=1S/C9H14BrN3OS/c1-6-9(14,4-3-5-15-6)7-8(10)11-12-13(7)2/h6,14H,3-5H2,1-2H3. The Morgan fingerprint density at radius 2 is 2.40 bits per heavy atom. The average Bonchev–Trinajstić information content (AvgIpc) is 2.52. The molecule has 2 rings (SSSR count). The maximum Gasteiger partial charge on any atom is 0.154 e. The second kappa shape index (κ2) is 4.07. The Kier molecular flexibility index (Phi) is 3.10. The zero-order valence-electron chi connectivity index (χ0n) is 8.77. The van der Waals surface area contributed by atoms with Gasteiger partial charge in [-0.15, -0.1) is 5.10 Å². The third kappa shape index (κ3) is 1.83. The molecule has 0 aromatic carbocycles. The van der Waals surface area contributed by atoms with E-state index in [2.05, 4.69) is 33.2 Å². The first-order chi connectivity index (χ1) is 7.05. The minimum atomic E-state index is -0.806. The fraction of sp³-hybridized carbons (Fsp3) is 0.778. The minimum absolute atomic E-state index is 0.180. The second-order valence-electron chi connectivity index (χ2n) is 3.89. The van der Waals surface area contributed by atoms with E-state index in [0.717, 1.165) is 24.3 Å². The Morgan fingerprint density at radius 3 is 2.93 bits per heavy atom. The fourth-order valence-electron chi connectivity index (χ4n) is 2.04. The van der Waals surface area contributed by atoms with Crippen molar-refractivity contribution >= 4 is 27.7 Å². The largest absolute Gasteiger partial charge is 0.382 e. The van der Waals surface area contributed by atoms with Crippen LogP contribution in [0.4, 0.5) is 0 Å². The molecule has 1 aliphatic heterocycles. The molecule has 1 N–H and O–H groups in total. The lowest BCUT2D eigenvalue weighted by Gasteiger charge is -2.37. The van der Waals surface area contributed by atoms with Crippen LogP contribution in [0.2, 0.25) is 0 Å². The highest BCUT2D eigenvalue weighted by Crippen LogP contribution is 2.42. The molecule has 1 aromatic rings. The van der Waals surface area contributed by atoms with Crippen LogP contribution in [-0.4, -0.2) is 31.1 Å². The highest BCUT2D eigenvalue weighted by Gasteiger charge is 2.42. The summed E-state index contributed by atoms with van der Waals surface area (Å²) in [6.07, 6.45) is 1.81. The van der Waals surface area contributed by atoms with Crippen molar-refractivity contribution in [3.8, 4) is 0 Å². The predicted molar refractivity (Wildman–Crippen MR) is 63.8 cm³/mol. The van der Waals surface area contributed by atoms with E-state index in [1.165, 1.54) is 0 Å². The van der Waals surface area contributed by atoms with Crippen LogP contribution in [-0.2, 0) is 12.6 Å². The van der Waals surface area contributed by atoms with E-state index >= 15 is 0 Å². The number of aliphatic hydroxyl groups is 1. The summed E-state index contributed by atoms with van der Waals surface area (Å²) in [7, 11) is 1.82. The summed E-state index contributed by atoms with van der Waals surface area (Å²) in [6, 6.07) is 0. The Morgan fingerprint density at radius 1 is 1.67 bits per heavy atom. The molecule has 0 aliphatic carbocycles. The van der Waals surface area contributed by atoms with Gasteiger partial charge in [-0.1, -0.05) is 12.1 Å². The van der Waals surface area contributed by atoms with Gasteiger partial charge in [-0.25, -0.2) is 4.68 Å². The van der Waals surface area contributed by atoms with Gasteiger partial charge in [0.1, 0.15) is 11.3 Å². The Bertz CT molecular complexity index is 351. The van der Waals surface area contributed by atoms with Crippen LogP contribution < -0.4 is 0 Å². The summed E-state index contributed by atoms with van der Waals surface area (Å²) >= 11 is 5.15. The number of aromatic nitrogens is 3. The van der Waals surface area contributed by atoms with Crippen molar-refractivity contribution in [2.45, 2.75) is 30.6 Å². The lowest BCUT2D eigenvalue weighted by atomic mass is 9.90. The third-order valence-electron chi connectivity index (χ3n) is 2.94. The molecule has 1 fully saturated rings. The van der Waals surface area contributed by atoms with E-state index in [1.807, 2.05) is 7.05 Å². The van der Waals surface area contributed by atoms with Gasteiger partial charge in [-0.05, 0) is 34.5 Å². The van der Waals surface area contributed by atoms with E-state index in [4.69, 9.17) is 0 Å². The summed E-state index contributed by atoms with van der Waals surface area (Å²) in [5.74, 6) is 1.12. The third-order valence-corrected chi connectivity index (χ3v) is 4.89. The van der Waals surface area contributed by atoms with E-state index in [-0.39, 0.29) is 5.25 Å². The molecule has 0 bridgehead atoms. The highest BCUT2D eigenvalue weighted by molar-refractivity contribution is 9.10. The molecular formula is C9H14BrN3OS. The van der Waals surface area contributed by atoms with Gasteiger partial charge in [0, 0.05) is 12.3 Å². The van der Waals surface area contributed by atoms with Crippen molar-refractivity contribution in [2.75, 3.05) is 5.75 Å². The summed E-state index contributed by atoms with van der Waals surface area (Å²) < 4.78 is 2.31. The molecular weight excluding hydrogens is 278 g/mol. The lowest BCUT2D eigenvalue weighted by molar-refractivity contribution is 0.0167. The van der Waals surface area contributed by atoms with Crippen LogP contribution in [0.3, 0.4) is 0 Å². The fourth-order valence-corrected chi connectivity index (χ4v) is 3.89. The number of nitrogens with zero attached hydrogens (tertiary/aromatic N) is 3. The molecule has 2 heterocycles. The van der Waals surface area contributed by atoms with E-state index in [0.29, 0.717) is 4.60 Å². The number of thioether (sulfide) groups is 1. The molecule has 4 nitrogen and oxygen atoms in total. The van der Waals surface area contributed by atoms with Gasteiger partial charge in [-0.2, -0.15) is 11.8 Å². The quantitative estimate of drug-likeness (QED) is 0.855. The summed E-state index contributed by atoms with van der Waals surface area (Å²) in [4.78, 5) is 0. The Balaban J connectivity index is 2.43. The maximum atomic E-state index is 10.7. The first-order valence-electron chi connectivity index (χ1n) is 4.95. The minimum Gasteiger partial charge on any atom is -0.382 e. The maximum absolute atomic E-state index is 10.7. The van der Waals surface area contributed by atoms with Crippen molar-refractivity contribution in [1.82, 2.24) is 15.0 Å². The molecule has 1 saturated heterocycles. The van der Waals surface area contributed by atoms with Crippen LogP contribution in [0, 0.1) is 0 Å². The lowest BCUT2D eigenvalue weighted by Crippen LogP contribution is -2.40. The molecule has 0 saturated carbocycles. The van der Waals surface area contributed by atoms with Gasteiger partial charge in [0.2, 0.25) is 0 Å². The normalized spacial score (nSPS) is 31.9. The molecule has 2 atom stereocenters. The van der Waals surface area contributed by atoms with E-state index < -0.39 is 5.60 Å². The van der Waals surface area contributed by atoms with Gasteiger partial charge >= 0.3 is 0 Å². The average molecular weight is 292 g/mol. The molecule has 2 unspecified atom stereocenters. The first kappa shape index (κ1) is 11.4. The first-order valence-corrected chi connectivity index (χ1v) is 6.79. The monoisotopic (exact) mass is 291 g/mol. The molecule has 6 heteroatoms. The predicted octanol–water partition coefficient (Wildman–Crippen LogP) is 1.68. The Labute approximate surface area is 102 Å². The smallest absolute Gasteiger partial charge is 0.154 e. The number of rotatable bonds is 1. The van der Waals surface area contributed by atoms with Gasteiger partial charge in [0.05, 0.1) is 0 Å². The van der Waals surface area contributed by atoms with Gasteiger partial charge < -0.3 is 5.11 Å². The SMILES string of the molecule is CC1SCCCC1(O)c1c(Br)nnn1C. The summed E-state index contributed by atoms with van der Waals surface area (Å²) in [6.45, 7) is 2.06. The summed E-state index contributed by atoms with van der Waals surface area (Å²) in [5, 5.41) is 18.7. The molecule has 0 spiro atoms. The van der Waals surface area contributed by atoms with E-state index in [1.54, 1.807) is 16.4 Å². The van der Waals surface area contributed by atoms with Gasteiger partial charge in [0.15, 0.2) is 4.60 Å². The van der Waals surface area contributed by atoms with Crippen LogP contribution in [0.5, 0.6) is 0 Å². The van der Waals surface area contributed by atoms with Crippen molar-refractivity contribution in [2.24, 2.45) is 7.05 Å². The van der Waals surface area contributed by atoms with Gasteiger partial charge in [-0.3, -0.25) is 0 Å². The number of hydrogen-bond acceptors (Lipinski definition) is 4. The Hall–Kier alpha value is -0.0700. The van der Waals surface area contributed by atoms with Crippen molar-refractivity contribution in [1.29, 1.82) is 0 Å². The molecule has 0 amide bonds. The molecule has 1 aromatic heterocycles. The van der Waals surface area contributed by atoms with Gasteiger partial charge in [0.25, 0.3) is 0 Å². The van der Waals surface area contributed by atoms with Crippen LogP contribution in [0.1, 0.15) is 25.5 Å². The van der Waals surface area contributed by atoms with Crippen molar-refractivity contribution in [3.63, 3.8) is 0 Å². The number of aryl methyl sites for hydroxylation is 1. The van der Waals surface area contributed by atoms with Crippen molar-refractivity contribution in [3.05, 3.63) is 10.3 Å². The molecule has 84 valence electrons.